The van der Waals surface area contributed by atoms with Crippen LogP contribution in [0.3, 0.4) is 0 Å². The van der Waals surface area contributed by atoms with Crippen LogP contribution in [0.1, 0.15) is 39.3 Å². The largest absolute Gasteiger partial charge is 0.293 e. The zero-order valence-corrected chi connectivity index (χ0v) is 18.7. The van der Waals surface area contributed by atoms with E-state index in [0.717, 1.165) is 38.3 Å². The van der Waals surface area contributed by atoms with Gasteiger partial charge in [-0.1, -0.05) is 48.5 Å². The number of nitrogens with zero attached hydrogens (tertiary/aromatic N) is 2. The predicted octanol–water partition coefficient (Wildman–Crippen LogP) is 4.96. The van der Waals surface area contributed by atoms with Gasteiger partial charge in [0.05, 0.1) is 16.8 Å². The molecule has 1 aliphatic heterocycles. The maximum absolute atomic E-state index is 13.9. The molecular formula is C26H19ClN2O4. The smallest absolute Gasteiger partial charge is 0.274 e. The van der Waals surface area contributed by atoms with Gasteiger partial charge >= 0.3 is 0 Å². The van der Waals surface area contributed by atoms with Gasteiger partial charge in [0.15, 0.2) is 0 Å². The van der Waals surface area contributed by atoms with Crippen molar-refractivity contribution in [3.05, 3.63) is 104 Å². The van der Waals surface area contributed by atoms with E-state index in [-0.39, 0.29) is 17.3 Å². The number of amides is 2. The van der Waals surface area contributed by atoms with Crippen molar-refractivity contribution >= 4 is 34.8 Å². The fourth-order valence-corrected chi connectivity index (χ4v) is 6.60. The van der Waals surface area contributed by atoms with Crippen molar-refractivity contribution in [1.29, 1.82) is 0 Å². The number of aryl methyl sites for hydroxylation is 2. The van der Waals surface area contributed by atoms with Crippen molar-refractivity contribution in [2.45, 2.75) is 24.6 Å². The highest BCUT2D eigenvalue weighted by Crippen LogP contribution is 2.66. The highest BCUT2D eigenvalue weighted by Gasteiger charge is 2.68. The van der Waals surface area contributed by atoms with Crippen LogP contribution in [0.5, 0.6) is 0 Å². The standard InChI is InChI=1S/C26H19ClN2O4/c1-13-11-19(20(29(32)33)12-14(13)2)28-24(30)22-21-15-7-3-5-9-17(15)26(27,23(22)25(28)31)18-10-6-4-8-16(18)21/h3-12,21-23H,1-2H3/t21?,22-,23+,26?/m1/s1. The lowest BCUT2D eigenvalue weighted by Gasteiger charge is -2.50. The fraction of sp³-hybridized carbons (Fsp3) is 0.231. The average Bonchev–Trinajstić information content (AvgIpc) is 3.07. The molecule has 1 heterocycles. The molecule has 6 nitrogen and oxygen atoms in total. The molecular weight excluding hydrogens is 440 g/mol. The second-order valence-corrected chi connectivity index (χ2v) is 9.66. The Morgan fingerprint density at radius 3 is 2.03 bits per heavy atom. The summed E-state index contributed by atoms with van der Waals surface area (Å²) in [5, 5.41) is 11.9. The SMILES string of the molecule is Cc1cc(N2C(=O)[C@@H]3C4c5ccccc5C(Cl)(c5ccccc54)[C@@H]3C2=O)c([N+](=O)[O-])cc1C. The first kappa shape index (κ1) is 20.1. The third-order valence-corrected chi connectivity index (χ3v) is 8.19. The van der Waals surface area contributed by atoms with E-state index in [4.69, 9.17) is 11.6 Å². The predicted molar refractivity (Wildman–Crippen MR) is 123 cm³/mol. The topological polar surface area (TPSA) is 80.5 Å². The Labute approximate surface area is 194 Å². The Hall–Kier alpha value is -3.51. The van der Waals surface area contributed by atoms with Crippen molar-refractivity contribution in [2.24, 2.45) is 11.8 Å². The number of alkyl halides is 1. The molecule has 3 aliphatic carbocycles. The lowest BCUT2D eigenvalue weighted by Crippen LogP contribution is -2.50. The normalized spacial score (nSPS) is 26.8. The third-order valence-electron chi connectivity index (χ3n) is 7.54. The van der Waals surface area contributed by atoms with Gasteiger partial charge in [0, 0.05) is 12.0 Å². The van der Waals surface area contributed by atoms with E-state index in [9.17, 15) is 19.7 Å². The van der Waals surface area contributed by atoms with Gasteiger partial charge in [-0.05, 0) is 53.3 Å². The van der Waals surface area contributed by atoms with Gasteiger partial charge in [-0.2, -0.15) is 0 Å². The molecule has 164 valence electrons. The minimum absolute atomic E-state index is 0.0141. The molecule has 0 aromatic heterocycles. The summed E-state index contributed by atoms with van der Waals surface area (Å²) in [6, 6.07) is 18.3. The van der Waals surface area contributed by atoms with Crippen LogP contribution in [0.2, 0.25) is 0 Å². The summed E-state index contributed by atoms with van der Waals surface area (Å²) < 4.78 is 0. The average molecular weight is 459 g/mol. The maximum Gasteiger partial charge on any atom is 0.293 e. The van der Waals surface area contributed by atoms with Crippen LogP contribution >= 0.6 is 11.6 Å². The highest BCUT2D eigenvalue weighted by atomic mass is 35.5. The Morgan fingerprint density at radius 1 is 0.909 bits per heavy atom. The summed E-state index contributed by atoms with van der Waals surface area (Å²) in [4.78, 5) is 38.9. The molecule has 3 aromatic carbocycles. The van der Waals surface area contributed by atoms with Gasteiger partial charge in [-0.3, -0.25) is 19.7 Å². The van der Waals surface area contributed by atoms with Crippen molar-refractivity contribution in [2.75, 3.05) is 4.90 Å². The summed E-state index contributed by atoms with van der Waals surface area (Å²) >= 11 is 7.40. The number of hydrogen-bond donors (Lipinski definition) is 0. The molecule has 7 heteroatoms. The summed E-state index contributed by atoms with van der Waals surface area (Å²) in [5.74, 6) is -2.82. The van der Waals surface area contributed by atoms with Crippen LogP contribution in [0.4, 0.5) is 11.4 Å². The quantitative estimate of drug-likeness (QED) is 0.235. The first-order valence-corrected chi connectivity index (χ1v) is 11.2. The van der Waals surface area contributed by atoms with E-state index < -0.39 is 33.4 Å². The molecule has 1 saturated heterocycles. The Bertz CT molecular complexity index is 1370. The van der Waals surface area contributed by atoms with E-state index in [2.05, 4.69) is 0 Å². The number of anilines is 1. The molecule has 33 heavy (non-hydrogen) atoms. The third kappa shape index (κ3) is 2.34. The Morgan fingerprint density at radius 2 is 1.45 bits per heavy atom. The lowest BCUT2D eigenvalue weighted by molar-refractivity contribution is -0.384. The van der Waals surface area contributed by atoms with Crippen molar-refractivity contribution in [3.8, 4) is 0 Å². The van der Waals surface area contributed by atoms with Crippen LogP contribution < -0.4 is 4.90 Å². The van der Waals surface area contributed by atoms with Gasteiger partial charge < -0.3 is 0 Å². The van der Waals surface area contributed by atoms with E-state index in [0.29, 0.717) is 0 Å². The number of hydrogen-bond acceptors (Lipinski definition) is 4. The molecule has 0 N–H and O–H groups in total. The number of halogens is 1. The number of nitro benzene ring substituents is 1. The molecule has 0 unspecified atom stereocenters. The number of nitro groups is 1. The van der Waals surface area contributed by atoms with Crippen molar-refractivity contribution < 1.29 is 14.5 Å². The van der Waals surface area contributed by atoms with E-state index >= 15 is 0 Å². The van der Waals surface area contributed by atoms with Crippen molar-refractivity contribution in [3.63, 3.8) is 0 Å². The first-order chi connectivity index (χ1) is 15.8. The van der Waals surface area contributed by atoms with Crippen LogP contribution in [0.25, 0.3) is 0 Å². The van der Waals surface area contributed by atoms with E-state index in [1.807, 2.05) is 48.5 Å². The molecule has 0 spiro atoms. The molecule has 0 radical (unpaired) electrons. The molecule has 2 bridgehead atoms. The van der Waals surface area contributed by atoms with Gasteiger partial charge in [-0.25, -0.2) is 4.90 Å². The molecule has 0 saturated carbocycles. The zero-order chi connectivity index (χ0) is 23.2. The molecule has 1 fully saturated rings. The van der Waals surface area contributed by atoms with Gasteiger partial charge in [-0.15, -0.1) is 11.6 Å². The number of benzene rings is 3. The maximum atomic E-state index is 13.9. The second kappa shape index (κ2) is 6.51. The van der Waals surface area contributed by atoms with Gasteiger partial charge in [0.1, 0.15) is 10.6 Å². The highest BCUT2D eigenvalue weighted by molar-refractivity contribution is 6.33. The summed E-state index contributed by atoms with van der Waals surface area (Å²) in [6.45, 7) is 3.57. The minimum atomic E-state index is -1.22. The van der Waals surface area contributed by atoms with Gasteiger partial charge in [0.25, 0.3) is 5.69 Å². The van der Waals surface area contributed by atoms with Gasteiger partial charge in [0.2, 0.25) is 11.8 Å². The minimum Gasteiger partial charge on any atom is -0.274 e. The molecule has 2 atom stereocenters. The van der Waals surface area contributed by atoms with E-state index in [1.165, 1.54) is 6.07 Å². The van der Waals surface area contributed by atoms with Crippen LogP contribution in [0, 0.1) is 35.8 Å². The van der Waals surface area contributed by atoms with E-state index in [1.54, 1.807) is 19.9 Å². The van der Waals surface area contributed by atoms with Crippen LogP contribution in [0.15, 0.2) is 60.7 Å². The summed E-state index contributed by atoms with van der Waals surface area (Å²) in [5.41, 5.74) is 4.76. The zero-order valence-electron chi connectivity index (χ0n) is 17.9. The molecule has 2 amide bonds. The Balaban J connectivity index is 1.61. The number of carbonyl (C=O) groups is 2. The first-order valence-electron chi connectivity index (χ1n) is 10.8. The fourth-order valence-electron chi connectivity index (χ4n) is 6.03. The second-order valence-electron chi connectivity index (χ2n) is 9.06. The summed E-state index contributed by atoms with van der Waals surface area (Å²) in [6.07, 6.45) is 0. The summed E-state index contributed by atoms with van der Waals surface area (Å²) in [7, 11) is 0. The number of imide groups is 1. The number of carbonyl (C=O) groups excluding carboxylic acids is 2. The van der Waals surface area contributed by atoms with Crippen molar-refractivity contribution in [1.82, 2.24) is 0 Å². The van der Waals surface area contributed by atoms with Crippen LogP contribution in [-0.2, 0) is 14.5 Å². The lowest BCUT2D eigenvalue weighted by atomic mass is 9.54. The molecule has 3 aromatic rings. The molecule has 4 aliphatic rings. The number of rotatable bonds is 2. The Kier molecular flexibility index (Phi) is 3.97. The van der Waals surface area contributed by atoms with Crippen LogP contribution in [-0.4, -0.2) is 16.7 Å². The molecule has 7 rings (SSSR count). The monoisotopic (exact) mass is 458 g/mol.